The Balaban J connectivity index is 1.11. The summed E-state index contributed by atoms with van der Waals surface area (Å²) < 4.78 is 26.8. The van der Waals surface area contributed by atoms with Crippen molar-refractivity contribution in [1.82, 2.24) is 10.3 Å². The summed E-state index contributed by atoms with van der Waals surface area (Å²) in [6, 6.07) is 34.3. The van der Waals surface area contributed by atoms with Crippen LogP contribution in [0.4, 0.5) is 5.82 Å². The number of fused-ring (bicyclic) bond motifs is 7. The van der Waals surface area contributed by atoms with E-state index in [0.717, 1.165) is 96.5 Å². The molecule has 4 atom stereocenters. The number of nitrogens with zero attached hydrogens (tertiary/aromatic N) is 1. The molecule has 5 aliphatic rings. The van der Waals surface area contributed by atoms with Crippen LogP contribution in [0, 0.1) is 5.92 Å². The van der Waals surface area contributed by atoms with Crippen molar-refractivity contribution in [2.75, 3.05) is 51.5 Å². The predicted molar refractivity (Wildman–Crippen MR) is 289 cm³/mol. The number of nitrogens with one attached hydrogen (secondary N) is 2. The maximum atomic E-state index is 14.8. The molecule has 1 saturated carbocycles. The topological polar surface area (TPSA) is 166 Å². The van der Waals surface area contributed by atoms with Gasteiger partial charge in [-0.15, -0.1) is 0 Å². The lowest BCUT2D eigenvalue weighted by molar-refractivity contribution is 0.0834. The number of benzene rings is 5. The second kappa shape index (κ2) is 22.9. The minimum absolute atomic E-state index is 0.00773. The van der Waals surface area contributed by atoms with Gasteiger partial charge in [0.05, 0.1) is 45.5 Å². The van der Waals surface area contributed by atoms with Crippen molar-refractivity contribution >= 4 is 17.7 Å². The predicted octanol–water partition coefficient (Wildman–Crippen LogP) is 10.0. The van der Waals surface area contributed by atoms with Gasteiger partial charge < -0.3 is 54.6 Å². The number of carbonyl (C=O) groups is 1. The number of aromatic amines is 1. The van der Waals surface area contributed by atoms with Gasteiger partial charge in [-0.1, -0.05) is 123 Å². The summed E-state index contributed by atoms with van der Waals surface area (Å²) in [6.45, 7) is 4.52. The van der Waals surface area contributed by atoms with Gasteiger partial charge in [0.2, 0.25) is 5.75 Å². The Labute approximate surface area is 435 Å². The lowest BCUT2D eigenvalue weighted by atomic mass is 9.63. The average Bonchev–Trinajstić information content (AvgIpc) is 3.89. The second-order valence-electron chi connectivity index (χ2n) is 20.6. The lowest BCUT2D eigenvalue weighted by Crippen LogP contribution is -2.61. The molecule has 12 heteroatoms. The Morgan fingerprint density at radius 1 is 0.905 bits per heavy atom. The van der Waals surface area contributed by atoms with Gasteiger partial charge in [0.25, 0.3) is 0 Å². The third-order valence-electron chi connectivity index (χ3n) is 16.0. The van der Waals surface area contributed by atoms with Gasteiger partial charge >= 0.3 is 0 Å². The van der Waals surface area contributed by atoms with E-state index in [-0.39, 0.29) is 79.3 Å². The number of aromatic hydroxyl groups is 1. The number of aliphatic hydroxyl groups is 3. The number of ketones is 1. The summed E-state index contributed by atoms with van der Waals surface area (Å²) >= 11 is 0. The van der Waals surface area contributed by atoms with E-state index in [1.165, 1.54) is 24.8 Å². The van der Waals surface area contributed by atoms with Crippen molar-refractivity contribution in [2.24, 2.45) is 5.92 Å². The maximum Gasteiger partial charge on any atom is 0.204 e. The molecule has 1 unspecified atom stereocenters. The molecule has 6 N–H and O–H groups in total. The van der Waals surface area contributed by atoms with E-state index < -0.39 is 18.1 Å². The average molecular weight is 1000 g/mol. The first kappa shape index (κ1) is 50.9. The largest absolute Gasteiger partial charge is 0.508 e. The molecule has 0 radical (unpaired) electrons. The molecule has 6 aromatic rings. The van der Waals surface area contributed by atoms with E-state index in [9.17, 15) is 25.2 Å². The highest BCUT2D eigenvalue weighted by molar-refractivity contribution is 6.04. The van der Waals surface area contributed by atoms with Gasteiger partial charge in [-0.2, -0.15) is 0 Å². The first-order valence-electron chi connectivity index (χ1n) is 26.7. The highest BCUT2D eigenvalue weighted by atomic mass is 16.5. The fourth-order valence-electron chi connectivity index (χ4n) is 12.0. The molecular weight excluding hydrogens is 931 g/mol. The van der Waals surface area contributed by atoms with Crippen LogP contribution in [0.3, 0.4) is 0 Å². The van der Waals surface area contributed by atoms with Crippen LogP contribution in [0.25, 0.3) is 17.2 Å². The Kier molecular flexibility index (Phi) is 15.8. The number of Topliss-reactive ketones (excluding diaryl/α,β-unsaturated/α-hetero) is 1. The number of hydrogen-bond acceptors (Lipinski definition) is 11. The zero-order valence-electron chi connectivity index (χ0n) is 42.8. The molecule has 4 aliphatic heterocycles. The van der Waals surface area contributed by atoms with Gasteiger partial charge in [0.1, 0.15) is 29.0 Å². The number of aromatic nitrogens is 1. The van der Waals surface area contributed by atoms with Crippen LogP contribution in [0.2, 0.25) is 0 Å². The number of methoxy groups -OCH3 is 1. The van der Waals surface area contributed by atoms with Gasteiger partial charge in [-0.05, 0) is 95.7 Å². The zero-order valence-corrected chi connectivity index (χ0v) is 42.8. The molecular formula is C62H71N3O9. The normalized spacial score (nSPS) is 20.1. The summed E-state index contributed by atoms with van der Waals surface area (Å²) in [5.74, 6) is 1.70. The molecule has 5 heterocycles. The third-order valence-corrected chi connectivity index (χ3v) is 16.0. The van der Waals surface area contributed by atoms with Gasteiger partial charge in [0.15, 0.2) is 17.3 Å². The molecule has 1 aliphatic carbocycles. The lowest BCUT2D eigenvalue weighted by Gasteiger charge is -2.51. The highest BCUT2D eigenvalue weighted by Gasteiger charge is 2.46. The van der Waals surface area contributed by atoms with E-state index in [1.54, 1.807) is 30.3 Å². The van der Waals surface area contributed by atoms with Gasteiger partial charge in [-0.3, -0.25) is 4.79 Å². The molecule has 1 saturated heterocycles. The molecule has 388 valence electrons. The summed E-state index contributed by atoms with van der Waals surface area (Å²) in [5.41, 5.74) is 9.95. The number of carbonyl (C=O) groups excluding carboxylic acids is 1. The molecule has 5 aromatic carbocycles. The number of ether oxygens (including phenoxy) is 4. The van der Waals surface area contributed by atoms with Crippen molar-refractivity contribution < 1.29 is 44.2 Å². The Morgan fingerprint density at radius 2 is 1.73 bits per heavy atom. The van der Waals surface area contributed by atoms with Crippen molar-refractivity contribution in [3.05, 3.63) is 159 Å². The number of phenolic OH excluding ortho intramolecular Hbond substituents is 1. The Bertz CT molecular complexity index is 2930. The molecule has 1 spiro atoms. The molecule has 4 bridgehead atoms. The quantitative estimate of drug-likeness (QED) is 0.0732. The Morgan fingerprint density at radius 3 is 2.50 bits per heavy atom. The maximum absolute atomic E-state index is 14.8. The summed E-state index contributed by atoms with van der Waals surface area (Å²) in [6.07, 6.45) is 10.1. The summed E-state index contributed by atoms with van der Waals surface area (Å²) in [4.78, 5) is 21.3. The number of piperazine rings is 1. The minimum atomic E-state index is -0.840. The number of aryl methyl sites for hydroxylation is 2. The van der Waals surface area contributed by atoms with Crippen LogP contribution < -0.4 is 29.2 Å². The molecule has 2 fully saturated rings. The smallest absolute Gasteiger partial charge is 0.204 e. The fraction of sp³-hybridized carbons (Fsp3) is 0.403. The van der Waals surface area contributed by atoms with Crippen molar-refractivity contribution in [1.29, 1.82) is 0 Å². The monoisotopic (exact) mass is 1000 g/mol. The van der Waals surface area contributed by atoms with Gasteiger partial charge in [-0.25, -0.2) is 0 Å². The van der Waals surface area contributed by atoms with Crippen LogP contribution in [0.15, 0.2) is 109 Å². The van der Waals surface area contributed by atoms with Crippen LogP contribution in [-0.4, -0.2) is 89.9 Å². The van der Waals surface area contributed by atoms with E-state index in [2.05, 4.69) is 70.7 Å². The number of phenols is 1. The Hall–Kier alpha value is -6.57. The van der Waals surface area contributed by atoms with Crippen LogP contribution in [0.1, 0.15) is 113 Å². The van der Waals surface area contributed by atoms with E-state index in [1.807, 2.05) is 36.4 Å². The van der Waals surface area contributed by atoms with E-state index >= 15 is 0 Å². The number of rotatable bonds is 11. The third kappa shape index (κ3) is 10.6. The fourth-order valence-corrected chi connectivity index (χ4v) is 12.0. The number of H-pyrrole nitrogens is 1. The highest BCUT2D eigenvalue weighted by Crippen LogP contribution is 2.54. The molecule has 11 rings (SSSR count). The van der Waals surface area contributed by atoms with Gasteiger partial charge in [0, 0.05) is 60.8 Å². The van der Waals surface area contributed by atoms with Crippen molar-refractivity contribution in [3.63, 3.8) is 0 Å². The van der Waals surface area contributed by atoms with Crippen molar-refractivity contribution in [2.45, 2.75) is 108 Å². The summed E-state index contributed by atoms with van der Waals surface area (Å²) in [7, 11) is 1.53. The molecule has 0 amide bonds. The molecule has 12 nitrogen and oxygen atoms in total. The molecule has 1 aromatic heterocycles. The number of hydrogen-bond donors (Lipinski definition) is 6. The second-order valence-corrected chi connectivity index (χ2v) is 20.6. The zero-order chi connectivity index (χ0) is 51.2. The van der Waals surface area contributed by atoms with Crippen molar-refractivity contribution in [3.8, 4) is 39.9 Å². The first-order chi connectivity index (χ1) is 36.2. The van der Waals surface area contributed by atoms with Crippen LogP contribution in [0.5, 0.6) is 28.7 Å². The van der Waals surface area contributed by atoms with Crippen LogP contribution >= 0.6 is 0 Å². The molecule has 74 heavy (non-hydrogen) atoms. The van der Waals surface area contributed by atoms with E-state index in [4.69, 9.17) is 18.9 Å². The standard InChI is InChI=1S/C62H71N3O9/c1-3-48-34-52-45-14-10-13-41(31-45)16-24-51-57-56(53(70)35-54(74-57)43-18-22-49(68)23-19-43)59(72-30-25-50(69)21-15-40-11-6-4-7-12-40)60(71-2)58(51)73-39-42(37-66)32-44-17-20-47(33-46(44)38-67)62(26-8-5-9-27-62)55-36-63-28-29-65(55)61(52)64-48/h4,6-7,10-15,17-23,31,33-34,42,50,54-55,63-64,66-69H,3,5,8-9,16,24-30,32,35-39H2,1-2H3/b21-15+/t42-,50-,54?,55+/m0/s1. The SMILES string of the molecule is CCc1cc2c([nH]1)N1CCNC[C@@H]1C1(CCCCC1)c1ccc(c(CO)c1)C[C@@H](CO)COc1c(c3c(c(OCC[C@@H](O)/C=C/c4ccccc4)c1OC)C(=O)CC(c1ccc(O)cc1)O3)CCc1cccc-2c1. The number of aliphatic hydroxyl groups excluding tert-OH is 3. The minimum Gasteiger partial charge on any atom is -0.508 e. The van der Waals surface area contributed by atoms with E-state index in [0.29, 0.717) is 36.3 Å². The number of anilines is 1. The summed E-state index contributed by atoms with van der Waals surface area (Å²) in [5, 5.41) is 47.4. The van der Waals surface area contributed by atoms with Crippen LogP contribution in [-0.2, 0) is 37.7 Å². The first-order valence-corrected chi connectivity index (χ1v) is 26.7.